The second-order valence-electron chi connectivity index (χ2n) is 4.70. The van der Waals surface area contributed by atoms with E-state index in [0.717, 1.165) is 17.8 Å². The molecule has 0 amide bonds. The van der Waals surface area contributed by atoms with Gasteiger partial charge < -0.3 is 5.73 Å². The third-order valence-corrected chi connectivity index (χ3v) is 3.15. The molecule has 5 heteroatoms. The summed E-state index contributed by atoms with van der Waals surface area (Å²) in [5.74, 6) is 0. The second-order valence-corrected chi connectivity index (χ2v) is 4.70. The number of rotatable bonds is 3. The zero-order chi connectivity index (χ0) is 14.8. The molecule has 1 aromatic carbocycles. The van der Waals surface area contributed by atoms with Gasteiger partial charge in [0.2, 0.25) is 0 Å². The first-order valence-corrected chi connectivity index (χ1v) is 6.21. The molecule has 0 saturated carbocycles. The highest BCUT2D eigenvalue weighted by Gasteiger charge is 2.30. The van der Waals surface area contributed by atoms with Crippen molar-refractivity contribution < 1.29 is 13.2 Å². The van der Waals surface area contributed by atoms with Gasteiger partial charge in [-0.05, 0) is 42.3 Å². The zero-order valence-electron chi connectivity index (χ0n) is 11.0. The number of hydrogen-bond acceptors (Lipinski definition) is 2. The Kier molecular flexibility index (Phi) is 4.09. The Hall–Kier alpha value is -1.88. The summed E-state index contributed by atoms with van der Waals surface area (Å²) in [4.78, 5) is 4.17. The monoisotopic (exact) mass is 280 g/mol. The number of aromatic nitrogens is 1. The molecule has 0 bridgehead atoms. The summed E-state index contributed by atoms with van der Waals surface area (Å²) < 4.78 is 37.8. The van der Waals surface area contributed by atoms with Gasteiger partial charge in [-0.15, -0.1) is 0 Å². The summed E-state index contributed by atoms with van der Waals surface area (Å²) in [5, 5.41) is 0. The van der Waals surface area contributed by atoms with E-state index in [1.807, 2.05) is 12.1 Å². The van der Waals surface area contributed by atoms with E-state index in [9.17, 15) is 13.2 Å². The molecule has 0 fully saturated rings. The fourth-order valence-corrected chi connectivity index (χ4v) is 2.12. The lowest BCUT2D eigenvalue weighted by Crippen LogP contribution is -2.16. The zero-order valence-corrected chi connectivity index (χ0v) is 11.0. The molecule has 106 valence electrons. The third kappa shape index (κ3) is 3.36. The maximum absolute atomic E-state index is 12.6. The highest BCUT2D eigenvalue weighted by atomic mass is 19.4. The molecule has 0 spiro atoms. The maximum Gasteiger partial charge on any atom is 0.416 e. The number of benzene rings is 1. The van der Waals surface area contributed by atoms with Crippen LogP contribution >= 0.6 is 0 Å². The van der Waals surface area contributed by atoms with E-state index in [2.05, 4.69) is 4.98 Å². The number of halogens is 3. The lowest BCUT2D eigenvalue weighted by Gasteiger charge is -2.16. The number of hydrogen-bond donors (Lipinski definition) is 1. The first-order valence-electron chi connectivity index (χ1n) is 6.21. The van der Waals surface area contributed by atoms with Crippen LogP contribution in [0.15, 0.2) is 42.6 Å². The van der Waals surface area contributed by atoms with Gasteiger partial charge in [0.05, 0.1) is 5.56 Å². The van der Waals surface area contributed by atoms with Crippen LogP contribution in [0.3, 0.4) is 0 Å². The van der Waals surface area contributed by atoms with Gasteiger partial charge in [-0.1, -0.05) is 12.1 Å². The molecule has 0 aliphatic heterocycles. The average Bonchev–Trinajstić information content (AvgIpc) is 2.38. The van der Waals surface area contributed by atoms with Crippen molar-refractivity contribution in [2.24, 2.45) is 5.73 Å². The van der Waals surface area contributed by atoms with Crippen molar-refractivity contribution in [3.63, 3.8) is 0 Å². The van der Waals surface area contributed by atoms with E-state index < -0.39 is 11.7 Å². The van der Waals surface area contributed by atoms with E-state index >= 15 is 0 Å². The molecule has 0 aliphatic rings. The fraction of sp³-hybridized carbons (Fsp3) is 0.267. The predicted octanol–water partition coefficient (Wildman–Crippen LogP) is 3.65. The van der Waals surface area contributed by atoms with Crippen LogP contribution in [0.1, 0.15) is 28.4 Å². The molecule has 1 heterocycles. The normalized spacial score (nSPS) is 13.2. The van der Waals surface area contributed by atoms with Crippen molar-refractivity contribution in [1.82, 2.24) is 4.98 Å². The molecule has 1 unspecified atom stereocenters. The van der Waals surface area contributed by atoms with Gasteiger partial charge in [-0.3, -0.25) is 4.98 Å². The van der Waals surface area contributed by atoms with Crippen molar-refractivity contribution in [1.29, 1.82) is 0 Å². The minimum absolute atomic E-state index is 0.368. The Morgan fingerprint density at radius 1 is 1.20 bits per heavy atom. The molecule has 1 aromatic heterocycles. The highest BCUT2D eigenvalue weighted by molar-refractivity contribution is 5.35. The average molecular weight is 280 g/mol. The van der Waals surface area contributed by atoms with E-state index in [-0.39, 0.29) is 6.04 Å². The number of alkyl halides is 3. The minimum atomic E-state index is -4.33. The minimum Gasteiger partial charge on any atom is -0.324 e. The maximum atomic E-state index is 12.6. The van der Waals surface area contributed by atoms with Gasteiger partial charge in [-0.2, -0.15) is 13.2 Å². The fourth-order valence-electron chi connectivity index (χ4n) is 2.12. The molecule has 2 N–H and O–H groups in total. The van der Waals surface area contributed by atoms with E-state index in [4.69, 9.17) is 5.73 Å². The number of aryl methyl sites for hydroxylation is 1. The van der Waals surface area contributed by atoms with Crippen molar-refractivity contribution in [2.75, 3.05) is 0 Å². The first kappa shape index (κ1) is 14.5. The van der Waals surface area contributed by atoms with Gasteiger partial charge in [0.25, 0.3) is 0 Å². The number of nitrogens with two attached hydrogens (primary N) is 1. The Balaban J connectivity index is 2.21. The smallest absolute Gasteiger partial charge is 0.324 e. The molecule has 2 aromatic rings. The quantitative estimate of drug-likeness (QED) is 0.932. The summed E-state index contributed by atoms with van der Waals surface area (Å²) >= 11 is 0. The Labute approximate surface area is 115 Å². The van der Waals surface area contributed by atoms with Gasteiger partial charge in [-0.25, -0.2) is 0 Å². The lowest BCUT2D eigenvalue weighted by atomic mass is 9.96. The van der Waals surface area contributed by atoms with Crippen LogP contribution in [0.5, 0.6) is 0 Å². The Morgan fingerprint density at radius 3 is 2.50 bits per heavy atom. The van der Waals surface area contributed by atoms with Crippen molar-refractivity contribution in [3.05, 3.63) is 65.0 Å². The van der Waals surface area contributed by atoms with Crippen LogP contribution in [0.2, 0.25) is 0 Å². The lowest BCUT2D eigenvalue weighted by molar-refractivity contribution is -0.137. The van der Waals surface area contributed by atoms with Gasteiger partial charge >= 0.3 is 6.18 Å². The largest absolute Gasteiger partial charge is 0.416 e. The molecule has 0 aliphatic carbocycles. The van der Waals surface area contributed by atoms with E-state index in [1.165, 1.54) is 6.07 Å². The molecular formula is C15H15F3N2. The summed E-state index contributed by atoms with van der Waals surface area (Å²) in [6, 6.07) is 8.79. The Bertz CT molecular complexity index is 579. The van der Waals surface area contributed by atoms with Crippen LogP contribution in [0, 0.1) is 6.92 Å². The summed E-state index contributed by atoms with van der Waals surface area (Å²) in [7, 11) is 0. The highest BCUT2D eigenvalue weighted by Crippen LogP contribution is 2.31. The second kappa shape index (κ2) is 5.63. The van der Waals surface area contributed by atoms with Crippen molar-refractivity contribution in [2.45, 2.75) is 25.6 Å². The molecule has 1 atom stereocenters. The van der Waals surface area contributed by atoms with E-state index in [0.29, 0.717) is 17.5 Å². The summed E-state index contributed by atoms with van der Waals surface area (Å²) in [6.45, 7) is 1.64. The van der Waals surface area contributed by atoms with Crippen LogP contribution in [0.25, 0.3) is 0 Å². The molecule has 0 saturated heterocycles. The molecule has 0 radical (unpaired) electrons. The number of pyridine rings is 1. The number of nitrogens with zero attached hydrogens (tertiary/aromatic N) is 1. The predicted molar refractivity (Wildman–Crippen MR) is 71.1 cm³/mol. The summed E-state index contributed by atoms with van der Waals surface area (Å²) in [6.07, 6.45) is -2.16. The van der Waals surface area contributed by atoms with Crippen molar-refractivity contribution >= 4 is 0 Å². The summed E-state index contributed by atoms with van der Waals surface area (Å²) in [5.41, 5.74) is 7.49. The van der Waals surface area contributed by atoms with Gasteiger partial charge in [0.15, 0.2) is 0 Å². The molecular weight excluding hydrogens is 265 g/mol. The van der Waals surface area contributed by atoms with Crippen LogP contribution < -0.4 is 5.73 Å². The van der Waals surface area contributed by atoms with Crippen LogP contribution in [-0.4, -0.2) is 4.98 Å². The van der Waals surface area contributed by atoms with Crippen LogP contribution in [0.4, 0.5) is 13.2 Å². The standard InChI is InChI=1S/C15H15F3N2/c1-10-8-11(15(16,17)18)5-6-13(10)14(19)9-12-4-2-3-7-20-12/h2-8,14H,9,19H2,1H3. The third-order valence-electron chi connectivity index (χ3n) is 3.15. The van der Waals surface area contributed by atoms with E-state index in [1.54, 1.807) is 19.2 Å². The van der Waals surface area contributed by atoms with Crippen molar-refractivity contribution in [3.8, 4) is 0 Å². The van der Waals surface area contributed by atoms with Crippen LogP contribution in [-0.2, 0) is 12.6 Å². The topological polar surface area (TPSA) is 38.9 Å². The Morgan fingerprint density at radius 2 is 1.95 bits per heavy atom. The molecule has 2 rings (SSSR count). The van der Waals surface area contributed by atoms with Gasteiger partial charge in [0, 0.05) is 24.4 Å². The first-order chi connectivity index (χ1) is 9.38. The van der Waals surface area contributed by atoms with Gasteiger partial charge in [0.1, 0.15) is 0 Å². The molecule has 2 nitrogen and oxygen atoms in total. The SMILES string of the molecule is Cc1cc(C(F)(F)F)ccc1C(N)Cc1ccccn1. The molecule has 20 heavy (non-hydrogen) atoms.